The summed E-state index contributed by atoms with van der Waals surface area (Å²) >= 11 is 0. The fraction of sp³-hybridized carbons (Fsp3) is 0. The number of aromatic nitrogens is 5. The van der Waals surface area contributed by atoms with Gasteiger partial charge in [-0.15, -0.1) is 5.10 Å². The molecule has 0 aliphatic carbocycles. The summed E-state index contributed by atoms with van der Waals surface area (Å²) < 4.78 is 0. The summed E-state index contributed by atoms with van der Waals surface area (Å²) in [7, 11) is 0. The fourth-order valence-corrected chi connectivity index (χ4v) is 0.687. The monoisotopic (exact) mass is 134 g/mol. The zero-order valence-corrected chi connectivity index (χ0v) is 5.00. The first-order valence-electron chi connectivity index (χ1n) is 2.74. The van der Waals surface area contributed by atoms with E-state index in [0.717, 1.165) is 5.56 Å². The van der Waals surface area contributed by atoms with Crippen LogP contribution in [0.1, 0.15) is 0 Å². The number of hydrogen-bond donors (Lipinski definition) is 2. The zero-order valence-electron chi connectivity index (χ0n) is 5.00. The van der Waals surface area contributed by atoms with Crippen molar-refractivity contribution in [3.63, 3.8) is 0 Å². The van der Waals surface area contributed by atoms with E-state index in [2.05, 4.69) is 31.7 Å². The zero-order chi connectivity index (χ0) is 6.81. The molecule has 10 heavy (non-hydrogen) atoms. The first-order valence-corrected chi connectivity index (χ1v) is 2.74. The average Bonchev–Trinajstić information content (AvgIpc) is 2.59. The van der Waals surface area contributed by atoms with Gasteiger partial charge in [0.1, 0.15) is 0 Å². The quantitative estimate of drug-likeness (QED) is 0.576. The highest BCUT2D eigenvalue weighted by molar-refractivity contribution is 5.50. The van der Waals surface area contributed by atoms with Gasteiger partial charge in [0.15, 0.2) is 5.82 Å². The van der Waals surface area contributed by atoms with Gasteiger partial charge in [0.2, 0.25) is 6.33 Å². The van der Waals surface area contributed by atoms with Crippen molar-refractivity contribution in [2.75, 3.05) is 0 Å². The van der Waals surface area contributed by atoms with Crippen LogP contribution in [-0.2, 0) is 0 Å². The molecule has 0 spiro atoms. The van der Waals surface area contributed by atoms with E-state index in [-0.39, 0.29) is 0 Å². The number of aromatic amines is 2. The Morgan fingerprint density at radius 3 is 3.10 bits per heavy atom. The molecule has 2 N–H and O–H groups in total. The third-order valence-corrected chi connectivity index (χ3v) is 1.15. The molecule has 1 radical (unpaired) electrons. The first kappa shape index (κ1) is 5.16. The molecule has 0 saturated carbocycles. The van der Waals surface area contributed by atoms with Crippen molar-refractivity contribution in [2.24, 2.45) is 0 Å². The lowest BCUT2D eigenvalue weighted by molar-refractivity contribution is 1.09. The van der Waals surface area contributed by atoms with Crippen LogP contribution in [0, 0.1) is 6.33 Å². The maximum atomic E-state index is 3.81. The molecule has 2 rings (SSSR count). The van der Waals surface area contributed by atoms with Gasteiger partial charge in [-0.3, -0.25) is 10.2 Å². The lowest BCUT2D eigenvalue weighted by atomic mass is 10.3. The van der Waals surface area contributed by atoms with E-state index < -0.39 is 0 Å². The molecule has 0 aromatic carbocycles. The highest BCUT2D eigenvalue weighted by atomic mass is 15.2. The van der Waals surface area contributed by atoms with Gasteiger partial charge in [0.25, 0.3) is 0 Å². The van der Waals surface area contributed by atoms with Crippen LogP contribution in [0.15, 0.2) is 12.4 Å². The topological polar surface area (TPSA) is 70.2 Å². The summed E-state index contributed by atoms with van der Waals surface area (Å²) in [5, 5.41) is 12.7. The SMILES string of the molecule is [c]1n[nH]c(-c2cn[nH]c2)n1. The Labute approximate surface area is 56.5 Å². The molecule has 0 saturated heterocycles. The van der Waals surface area contributed by atoms with Gasteiger partial charge in [-0.2, -0.15) is 5.10 Å². The molecule has 0 aliphatic heterocycles. The Morgan fingerprint density at radius 1 is 1.50 bits per heavy atom. The minimum Gasteiger partial charge on any atom is -0.285 e. The van der Waals surface area contributed by atoms with Gasteiger partial charge in [-0.05, 0) is 0 Å². The minimum atomic E-state index is 0.675. The van der Waals surface area contributed by atoms with Crippen LogP contribution in [0.5, 0.6) is 0 Å². The fourth-order valence-electron chi connectivity index (χ4n) is 0.687. The van der Waals surface area contributed by atoms with E-state index in [1.165, 1.54) is 0 Å². The highest BCUT2D eigenvalue weighted by Crippen LogP contribution is 2.08. The largest absolute Gasteiger partial charge is 0.285 e. The molecule has 0 fully saturated rings. The van der Waals surface area contributed by atoms with E-state index in [1.807, 2.05) is 0 Å². The van der Waals surface area contributed by atoms with E-state index >= 15 is 0 Å². The molecule has 0 bridgehead atoms. The average molecular weight is 134 g/mol. The van der Waals surface area contributed by atoms with Crippen molar-refractivity contribution in [3.05, 3.63) is 18.7 Å². The number of hydrogen-bond acceptors (Lipinski definition) is 3. The molecule has 2 aromatic rings. The third kappa shape index (κ3) is 0.680. The lowest BCUT2D eigenvalue weighted by Crippen LogP contribution is -1.74. The van der Waals surface area contributed by atoms with Crippen molar-refractivity contribution in [1.29, 1.82) is 0 Å². The van der Waals surface area contributed by atoms with Crippen molar-refractivity contribution < 1.29 is 0 Å². The molecule has 0 atom stereocenters. The van der Waals surface area contributed by atoms with Gasteiger partial charge in [0.05, 0.1) is 11.8 Å². The van der Waals surface area contributed by atoms with Gasteiger partial charge < -0.3 is 0 Å². The second-order valence-electron chi connectivity index (χ2n) is 1.77. The number of nitrogens with zero attached hydrogens (tertiary/aromatic N) is 3. The highest BCUT2D eigenvalue weighted by Gasteiger charge is 1.98. The molecule has 5 heteroatoms. The predicted molar refractivity (Wildman–Crippen MR) is 32.8 cm³/mol. The van der Waals surface area contributed by atoms with Crippen LogP contribution in [0.2, 0.25) is 0 Å². The van der Waals surface area contributed by atoms with Crippen LogP contribution in [0.4, 0.5) is 0 Å². The van der Waals surface area contributed by atoms with E-state index in [1.54, 1.807) is 12.4 Å². The smallest absolute Gasteiger partial charge is 0.221 e. The van der Waals surface area contributed by atoms with Crippen molar-refractivity contribution in [1.82, 2.24) is 25.4 Å². The molecular weight excluding hydrogens is 130 g/mol. The molecule has 5 nitrogen and oxygen atoms in total. The Bertz CT molecular complexity index is 249. The molecule has 2 aromatic heterocycles. The summed E-state index contributed by atoms with van der Waals surface area (Å²) in [6, 6.07) is 0. The van der Waals surface area contributed by atoms with Gasteiger partial charge in [0, 0.05) is 6.20 Å². The molecule has 2 heterocycles. The summed E-state index contributed by atoms with van der Waals surface area (Å²) in [4.78, 5) is 3.81. The lowest BCUT2D eigenvalue weighted by Gasteiger charge is -1.82. The van der Waals surface area contributed by atoms with Crippen LogP contribution in [-0.4, -0.2) is 25.4 Å². The predicted octanol–water partition coefficient (Wildman–Crippen LogP) is -0.00501. The van der Waals surface area contributed by atoms with Crippen molar-refractivity contribution in [2.45, 2.75) is 0 Å². The van der Waals surface area contributed by atoms with Gasteiger partial charge >= 0.3 is 0 Å². The molecular formula is C5H4N5. The van der Waals surface area contributed by atoms with Crippen LogP contribution in [0.25, 0.3) is 11.4 Å². The second kappa shape index (κ2) is 1.94. The summed E-state index contributed by atoms with van der Waals surface area (Å²) in [5.74, 6) is 0.675. The minimum absolute atomic E-state index is 0.675. The van der Waals surface area contributed by atoms with E-state index in [9.17, 15) is 0 Å². The van der Waals surface area contributed by atoms with Crippen LogP contribution < -0.4 is 0 Å². The standard InChI is InChI=1S/C5H4N5/c1-4(2-8-7-1)5-6-3-9-10-5/h1-2H,(H,7,8)(H,6,9,10). The molecule has 49 valence electrons. The Balaban J connectivity index is 2.48. The maximum Gasteiger partial charge on any atom is 0.221 e. The second-order valence-corrected chi connectivity index (χ2v) is 1.77. The van der Waals surface area contributed by atoms with Crippen molar-refractivity contribution in [3.8, 4) is 11.4 Å². The summed E-state index contributed by atoms with van der Waals surface area (Å²) in [5.41, 5.74) is 0.883. The summed E-state index contributed by atoms with van der Waals surface area (Å²) in [6.07, 6.45) is 5.81. The normalized spacial score (nSPS) is 10.0. The van der Waals surface area contributed by atoms with E-state index in [0.29, 0.717) is 5.82 Å². The Hall–Kier alpha value is -1.65. The summed E-state index contributed by atoms with van der Waals surface area (Å²) in [6.45, 7) is 0. The first-order chi connectivity index (χ1) is 4.97. The molecule has 0 amide bonds. The van der Waals surface area contributed by atoms with E-state index in [4.69, 9.17) is 0 Å². The van der Waals surface area contributed by atoms with Gasteiger partial charge in [-0.1, -0.05) is 0 Å². The Kier molecular flexibility index (Phi) is 1.00. The van der Waals surface area contributed by atoms with Gasteiger partial charge in [-0.25, -0.2) is 4.98 Å². The van der Waals surface area contributed by atoms with Crippen LogP contribution in [0.3, 0.4) is 0 Å². The third-order valence-electron chi connectivity index (χ3n) is 1.15. The van der Waals surface area contributed by atoms with Crippen molar-refractivity contribution >= 4 is 0 Å². The molecule has 0 aliphatic rings. The molecule has 0 unspecified atom stereocenters. The van der Waals surface area contributed by atoms with Crippen LogP contribution >= 0.6 is 0 Å². The maximum absolute atomic E-state index is 3.81. The number of H-pyrrole nitrogens is 2. The Morgan fingerprint density at radius 2 is 2.50 bits per heavy atom. The number of nitrogens with one attached hydrogen (secondary N) is 2. The number of rotatable bonds is 1.